The third-order valence-electron chi connectivity index (χ3n) is 4.55. The Labute approximate surface area is 150 Å². The number of sulfone groups is 1. The van der Waals surface area contributed by atoms with E-state index < -0.39 is 9.84 Å². The van der Waals surface area contributed by atoms with E-state index in [0.717, 1.165) is 17.6 Å². The summed E-state index contributed by atoms with van der Waals surface area (Å²) < 4.78 is 29.6. The van der Waals surface area contributed by atoms with E-state index in [1.54, 1.807) is 4.90 Å². The molecule has 0 aliphatic carbocycles. The minimum absolute atomic E-state index is 0.0221. The molecule has 1 aromatic carbocycles. The molecule has 1 aromatic rings. The smallest absolute Gasteiger partial charge is 0.260 e. The number of carbonyl (C=O) groups excluding carboxylic acids is 1. The monoisotopic (exact) mass is 416 g/mol. The Morgan fingerprint density at radius 3 is 2.62 bits per heavy atom. The number of amides is 1. The normalized spacial score (nSPS) is 24.0. The van der Waals surface area contributed by atoms with Crippen LogP contribution in [0.5, 0.6) is 5.75 Å². The maximum atomic E-state index is 12.3. The predicted octanol–water partition coefficient (Wildman–Crippen LogP) is 1.16. The Hall–Kier alpha value is -1.12. The Morgan fingerprint density at radius 2 is 2.00 bits per heavy atom. The lowest BCUT2D eigenvalue weighted by atomic mass is 10.2. The number of rotatable bonds is 4. The van der Waals surface area contributed by atoms with Crippen LogP contribution >= 0.6 is 15.9 Å². The molecule has 2 aliphatic rings. The van der Waals surface area contributed by atoms with Gasteiger partial charge in [-0.15, -0.1) is 0 Å². The van der Waals surface area contributed by atoms with Gasteiger partial charge in [0.15, 0.2) is 16.4 Å². The van der Waals surface area contributed by atoms with E-state index in [2.05, 4.69) is 20.8 Å². The summed E-state index contributed by atoms with van der Waals surface area (Å²) in [5.41, 5.74) is 0. The van der Waals surface area contributed by atoms with E-state index in [9.17, 15) is 13.2 Å². The summed E-state index contributed by atoms with van der Waals surface area (Å²) >= 11 is 3.37. The molecule has 1 amide bonds. The molecular formula is C16H21BrN2O4S. The number of piperazine rings is 1. The van der Waals surface area contributed by atoms with Gasteiger partial charge in [0.2, 0.25) is 0 Å². The van der Waals surface area contributed by atoms with Gasteiger partial charge < -0.3 is 9.64 Å². The molecule has 1 atom stereocenters. The lowest BCUT2D eigenvalue weighted by molar-refractivity contribution is -0.135. The zero-order chi connectivity index (χ0) is 17.2. The molecule has 0 aromatic heterocycles. The molecule has 8 heteroatoms. The van der Waals surface area contributed by atoms with Crippen LogP contribution in [0.25, 0.3) is 0 Å². The molecule has 2 aliphatic heterocycles. The second-order valence-electron chi connectivity index (χ2n) is 6.22. The van der Waals surface area contributed by atoms with E-state index >= 15 is 0 Å². The number of hydrogen-bond donors (Lipinski definition) is 0. The molecule has 0 unspecified atom stereocenters. The summed E-state index contributed by atoms with van der Waals surface area (Å²) in [5.74, 6) is 1.17. The lowest BCUT2D eigenvalue weighted by Gasteiger charge is -2.37. The second kappa shape index (κ2) is 7.41. The third-order valence-corrected chi connectivity index (χ3v) is 6.79. The van der Waals surface area contributed by atoms with Crippen LogP contribution in [0.4, 0.5) is 0 Å². The van der Waals surface area contributed by atoms with Gasteiger partial charge in [-0.3, -0.25) is 9.69 Å². The van der Waals surface area contributed by atoms with E-state index in [4.69, 9.17) is 4.74 Å². The fraction of sp³-hybridized carbons (Fsp3) is 0.562. The molecule has 0 spiro atoms. The fourth-order valence-corrected chi connectivity index (χ4v) is 5.33. The summed E-state index contributed by atoms with van der Waals surface area (Å²) in [5, 5.41) is 0. The average molecular weight is 417 g/mol. The Bertz CT molecular complexity index is 702. The van der Waals surface area contributed by atoms with Crippen molar-refractivity contribution in [2.75, 3.05) is 44.3 Å². The van der Waals surface area contributed by atoms with Crippen molar-refractivity contribution >= 4 is 31.7 Å². The van der Waals surface area contributed by atoms with Gasteiger partial charge in [-0.25, -0.2) is 8.42 Å². The van der Waals surface area contributed by atoms with Crippen molar-refractivity contribution < 1.29 is 17.9 Å². The van der Waals surface area contributed by atoms with Crippen LogP contribution in [0.3, 0.4) is 0 Å². The van der Waals surface area contributed by atoms with Gasteiger partial charge in [-0.2, -0.15) is 0 Å². The van der Waals surface area contributed by atoms with Crippen molar-refractivity contribution in [1.29, 1.82) is 0 Å². The molecule has 3 rings (SSSR count). The minimum Gasteiger partial charge on any atom is -0.484 e. The number of ether oxygens (including phenoxy) is 1. The molecular weight excluding hydrogens is 396 g/mol. The first kappa shape index (κ1) is 17.7. The van der Waals surface area contributed by atoms with Crippen molar-refractivity contribution in [3.8, 4) is 5.75 Å². The Kier molecular flexibility index (Phi) is 5.46. The molecule has 24 heavy (non-hydrogen) atoms. The zero-order valence-electron chi connectivity index (χ0n) is 13.4. The minimum atomic E-state index is -2.86. The SMILES string of the molecule is O=C(COc1cccc(Br)c1)N1CCN([C@@H]2CCS(=O)(=O)C2)CC1. The number of hydrogen-bond acceptors (Lipinski definition) is 5. The largest absolute Gasteiger partial charge is 0.484 e. The maximum Gasteiger partial charge on any atom is 0.260 e. The van der Waals surface area contributed by atoms with E-state index in [0.29, 0.717) is 25.3 Å². The highest BCUT2D eigenvalue weighted by atomic mass is 79.9. The molecule has 2 saturated heterocycles. The summed E-state index contributed by atoms with van der Waals surface area (Å²) in [6.45, 7) is 2.72. The standard InChI is InChI=1S/C16H21BrN2O4S/c17-13-2-1-3-15(10-13)23-11-16(20)19-7-5-18(6-8-19)14-4-9-24(21,22)12-14/h1-3,10,14H,4-9,11-12H2/t14-/m1/s1. The maximum absolute atomic E-state index is 12.3. The van der Waals surface area contributed by atoms with Crippen LogP contribution in [-0.4, -0.2) is 74.5 Å². The van der Waals surface area contributed by atoms with Crippen molar-refractivity contribution in [3.05, 3.63) is 28.7 Å². The van der Waals surface area contributed by atoms with Crippen molar-refractivity contribution in [3.63, 3.8) is 0 Å². The van der Waals surface area contributed by atoms with Crippen LogP contribution < -0.4 is 4.74 Å². The highest BCUT2D eigenvalue weighted by Crippen LogP contribution is 2.20. The summed E-state index contributed by atoms with van der Waals surface area (Å²) in [7, 11) is -2.86. The van der Waals surface area contributed by atoms with Crippen LogP contribution in [0.15, 0.2) is 28.7 Å². The summed E-state index contributed by atoms with van der Waals surface area (Å²) in [6.07, 6.45) is 0.711. The lowest BCUT2D eigenvalue weighted by Crippen LogP contribution is -2.53. The van der Waals surface area contributed by atoms with Crippen LogP contribution in [0.2, 0.25) is 0 Å². The van der Waals surface area contributed by atoms with Gasteiger partial charge in [-0.1, -0.05) is 22.0 Å². The van der Waals surface area contributed by atoms with Gasteiger partial charge in [0.1, 0.15) is 5.75 Å². The molecule has 0 saturated carbocycles. The van der Waals surface area contributed by atoms with Crippen LogP contribution in [-0.2, 0) is 14.6 Å². The highest BCUT2D eigenvalue weighted by Gasteiger charge is 2.34. The Morgan fingerprint density at radius 1 is 1.25 bits per heavy atom. The number of benzene rings is 1. The van der Waals surface area contributed by atoms with Gasteiger partial charge in [0, 0.05) is 36.7 Å². The summed E-state index contributed by atoms with van der Waals surface area (Å²) in [6, 6.07) is 7.52. The van der Waals surface area contributed by atoms with E-state index in [1.807, 2.05) is 24.3 Å². The third kappa shape index (κ3) is 4.49. The Balaban J connectivity index is 1.45. The van der Waals surface area contributed by atoms with Gasteiger partial charge in [0.05, 0.1) is 11.5 Å². The molecule has 0 bridgehead atoms. The topological polar surface area (TPSA) is 66.9 Å². The van der Waals surface area contributed by atoms with Crippen LogP contribution in [0.1, 0.15) is 6.42 Å². The van der Waals surface area contributed by atoms with Crippen molar-refractivity contribution in [2.45, 2.75) is 12.5 Å². The van der Waals surface area contributed by atoms with E-state index in [1.165, 1.54) is 0 Å². The molecule has 0 N–H and O–H groups in total. The zero-order valence-corrected chi connectivity index (χ0v) is 15.8. The molecule has 2 fully saturated rings. The number of nitrogens with zero attached hydrogens (tertiary/aromatic N) is 2. The highest BCUT2D eigenvalue weighted by molar-refractivity contribution is 9.10. The molecule has 0 radical (unpaired) electrons. The second-order valence-corrected chi connectivity index (χ2v) is 9.36. The number of halogens is 1. The van der Waals surface area contributed by atoms with Gasteiger partial charge >= 0.3 is 0 Å². The molecule has 2 heterocycles. The first-order valence-electron chi connectivity index (χ1n) is 8.03. The number of carbonyl (C=O) groups is 1. The van der Waals surface area contributed by atoms with Gasteiger partial charge in [0.25, 0.3) is 5.91 Å². The van der Waals surface area contributed by atoms with Crippen molar-refractivity contribution in [1.82, 2.24) is 9.80 Å². The average Bonchev–Trinajstić information content (AvgIpc) is 2.93. The predicted molar refractivity (Wildman–Crippen MR) is 94.8 cm³/mol. The van der Waals surface area contributed by atoms with Crippen LogP contribution in [0, 0.1) is 0 Å². The van der Waals surface area contributed by atoms with E-state index in [-0.39, 0.29) is 30.1 Å². The quantitative estimate of drug-likeness (QED) is 0.736. The fourth-order valence-electron chi connectivity index (χ4n) is 3.19. The summed E-state index contributed by atoms with van der Waals surface area (Å²) in [4.78, 5) is 16.2. The molecule has 6 nitrogen and oxygen atoms in total. The van der Waals surface area contributed by atoms with Gasteiger partial charge in [-0.05, 0) is 24.6 Å². The first-order valence-corrected chi connectivity index (χ1v) is 10.6. The first-order chi connectivity index (χ1) is 11.4. The molecule has 132 valence electrons. The van der Waals surface area contributed by atoms with Crippen molar-refractivity contribution in [2.24, 2.45) is 0 Å².